The lowest BCUT2D eigenvalue weighted by molar-refractivity contribution is -0.255. The maximum atomic E-state index is 11.1. The Balaban J connectivity index is 3.20. The number of esters is 1. The molecule has 0 atom stereocenters. The van der Waals surface area contributed by atoms with Crippen LogP contribution in [0.5, 0.6) is 0 Å². The molecule has 0 saturated carbocycles. The van der Waals surface area contributed by atoms with Gasteiger partial charge in [-0.1, -0.05) is 15.9 Å². The van der Waals surface area contributed by atoms with Crippen molar-refractivity contribution in [2.45, 2.75) is 0 Å². The summed E-state index contributed by atoms with van der Waals surface area (Å²) in [5.74, 6) is -1.93. The largest absolute Gasteiger partial charge is 0.545 e. The van der Waals surface area contributed by atoms with Crippen molar-refractivity contribution in [3.8, 4) is 0 Å². The molecule has 0 aliphatic carbocycles. The number of carboxylic acids is 1. The van der Waals surface area contributed by atoms with Gasteiger partial charge in [0.25, 0.3) is 0 Å². The highest BCUT2D eigenvalue weighted by molar-refractivity contribution is 9.10. The van der Waals surface area contributed by atoms with Gasteiger partial charge in [-0.25, -0.2) is 4.79 Å². The Morgan fingerprint density at radius 1 is 1.29 bits per heavy atom. The van der Waals surface area contributed by atoms with E-state index in [9.17, 15) is 14.7 Å². The van der Waals surface area contributed by atoms with Gasteiger partial charge >= 0.3 is 5.97 Å². The number of aromatic carboxylic acids is 1. The summed E-state index contributed by atoms with van der Waals surface area (Å²) in [4.78, 5) is 21.6. The van der Waals surface area contributed by atoms with Gasteiger partial charge < -0.3 is 14.6 Å². The van der Waals surface area contributed by atoms with Crippen molar-refractivity contribution >= 4 is 27.9 Å². The molecule has 0 N–H and O–H groups in total. The average Bonchev–Trinajstić information content (AvgIpc) is 2.15. The van der Waals surface area contributed by atoms with E-state index in [1.807, 2.05) is 0 Å². The smallest absolute Gasteiger partial charge is 0.337 e. The van der Waals surface area contributed by atoms with E-state index in [2.05, 4.69) is 20.7 Å². The molecule has 0 bridgehead atoms. The third-order valence-corrected chi connectivity index (χ3v) is 2.01. The van der Waals surface area contributed by atoms with Crippen LogP contribution in [0.1, 0.15) is 20.7 Å². The van der Waals surface area contributed by atoms with E-state index in [1.54, 1.807) is 0 Å². The van der Waals surface area contributed by atoms with Crippen molar-refractivity contribution in [3.05, 3.63) is 33.8 Å². The van der Waals surface area contributed by atoms with Crippen LogP contribution in [0.2, 0.25) is 0 Å². The Hall–Kier alpha value is -1.36. The fourth-order valence-electron chi connectivity index (χ4n) is 0.943. The number of hydrogen-bond donors (Lipinski definition) is 0. The van der Waals surface area contributed by atoms with Crippen molar-refractivity contribution in [1.82, 2.24) is 0 Å². The Kier molecular flexibility index (Phi) is 3.24. The average molecular weight is 258 g/mol. The van der Waals surface area contributed by atoms with Crippen molar-refractivity contribution in [3.63, 3.8) is 0 Å². The summed E-state index contributed by atoms with van der Waals surface area (Å²) in [6, 6.07) is 4.02. The summed E-state index contributed by atoms with van der Waals surface area (Å²) in [5.41, 5.74) is 0.0980. The molecule has 4 nitrogen and oxygen atoms in total. The van der Waals surface area contributed by atoms with E-state index >= 15 is 0 Å². The third kappa shape index (κ3) is 2.32. The van der Waals surface area contributed by atoms with Crippen molar-refractivity contribution < 1.29 is 19.4 Å². The summed E-state index contributed by atoms with van der Waals surface area (Å²) in [5, 5.41) is 10.5. The van der Waals surface area contributed by atoms with Crippen LogP contribution in [-0.4, -0.2) is 19.0 Å². The van der Waals surface area contributed by atoms with Crippen LogP contribution in [0, 0.1) is 0 Å². The predicted octanol–water partition coefficient (Wildman–Crippen LogP) is 0.599. The van der Waals surface area contributed by atoms with Crippen molar-refractivity contribution in [2.75, 3.05) is 7.11 Å². The van der Waals surface area contributed by atoms with E-state index < -0.39 is 11.9 Å². The quantitative estimate of drug-likeness (QED) is 0.728. The highest BCUT2D eigenvalue weighted by Crippen LogP contribution is 2.16. The number of halogens is 1. The van der Waals surface area contributed by atoms with Gasteiger partial charge in [0, 0.05) is 4.47 Å². The molecule has 0 spiro atoms. The predicted molar refractivity (Wildman–Crippen MR) is 49.8 cm³/mol. The Bertz CT molecular complexity index is 386. The van der Waals surface area contributed by atoms with Gasteiger partial charge in [0.2, 0.25) is 0 Å². The molecule has 0 aliphatic heterocycles. The zero-order chi connectivity index (χ0) is 10.7. The molecule has 1 aromatic carbocycles. The van der Waals surface area contributed by atoms with Gasteiger partial charge in [-0.05, 0) is 23.8 Å². The van der Waals surface area contributed by atoms with Crippen LogP contribution in [0.25, 0.3) is 0 Å². The standard InChI is InChI=1S/C9H7BrO4/c1-14-9(13)6-2-5(8(11)12)3-7(10)4-6/h2-4H,1H3,(H,11,12)/p-1. The van der Waals surface area contributed by atoms with Gasteiger partial charge in [-0.2, -0.15) is 0 Å². The number of ether oxygens (including phenoxy) is 1. The number of benzene rings is 1. The van der Waals surface area contributed by atoms with Crippen LogP contribution < -0.4 is 5.11 Å². The minimum Gasteiger partial charge on any atom is -0.545 e. The Morgan fingerprint density at radius 2 is 1.86 bits per heavy atom. The molecule has 0 radical (unpaired) electrons. The van der Waals surface area contributed by atoms with Gasteiger partial charge in [-0.15, -0.1) is 0 Å². The summed E-state index contributed by atoms with van der Waals surface area (Å²) >= 11 is 3.08. The molecular weight excluding hydrogens is 252 g/mol. The molecule has 0 aliphatic rings. The molecule has 1 rings (SSSR count). The molecule has 0 amide bonds. The highest BCUT2D eigenvalue weighted by Gasteiger charge is 2.08. The first-order valence-electron chi connectivity index (χ1n) is 3.65. The van der Waals surface area contributed by atoms with Gasteiger partial charge in [0.05, 0.1) is 18.6 Å². The first kappa shape index (κ1) is 10.7. The zero-order valence-electron chi connectivity index (χ0n) is 7.24. The van der Waals surface area contributed by atoms with E-state index in [-0.39, 0.29) is 11.1 Å². The number of hydrogen-bond acceptors (Lipinski definition) is 4. The topological polar surface area (TPSA) is 66.4 Å². The molecule has 0 aromatic heterocycles. The van der Waals surface area contributed by atoms with E-state index in [1.165, 1.54) is 25.3 Å². The molecule has 0 heterocycles. The fraction of sp³-hybridized carbons (Fsp3) is 0.111. The second-order valence-electron chi connectivity index (χ2n) is 2.51. The lowest BCUT2D eigenvalue weighted by Crippen LogP contribution is -2.22. The van der Waals surface area contributed by atoms with Crippen LogP contribution in [0.15, 0.2) is 22.7 Å². The number of carbonyl (C=O) groups is 2. The van der Waals surface area contributed by atoms with Gasteiger partial charge in [0.15, 0.2) is 0 Å². The van der Waals surface area contributed by atoms with Gasteiger partial charge in [0.1, 0.15) is 0 Å². The molecule has 5 heteroatoms. The SMILES string of the molecule is COC(=O)c1cc(Br)cc(C(=O)[O-])c1. The maximum Gasteiger partial charge on any atom is 0.337 e. The lowest BCUT2D eigenvalue weighted by Gasteiger charge is -2.05. The molecule has 74 valence electrons. The number of carboxylic acid groups (broad SMARTS) is 1. The second-order valence-corrected chi connectivity index (χ2v) is 3.42. The molecule has 1 aromatic rings. The number of methoxy groups -OCH3 is 1. The van der Waals surface area contributed by atoms with Crippen LogP contribution in [-0.2, 0) is 4.74 Å². The summed E-state index contributed by atoms with van der Waals surface area (Å²) in [6.07, 6.45) is 0. The van der Waals surface area contributed by atoms with E-state index in [0.717, 1.165) is 0 Å². The molecular formula is C9H6BrO4-. The van der Waals surface area contributed by atoms with E-state index in [0.29, 0.717) is 4.47 Å². The van der Waals surface area contributed by atoms with E-state index in [4.69, 9.17) is 0 Å². The zero-order valence-corrected chi connectivity index (χ0v) is 8.83. The fourth-order valence-corrected chi connectivity index (χ4v) is 1.44. The molecule has 0 unspecified atom stereocenters. The maximum absolute atomic E-state index is 11.1. The molecule has 0 fully saturated rings. The lowest BCUT2D eigenvalue weighted by atomic mass is 10.1. The van der Waals surface area contributed by atoms with Gasteiger partial charge in [-0.3, -0.25) is 0 Å². The number of carbonyl (C=O) groups excluding carboxylic acids is 2. The molecule has 0 saturated heterocycles. The Labute approximate surface area is 88.6 Å². The minimum absolute atomic E-state index is 0.0697. The highest BCUT2D eigenvalue weighted by atomic mass is 79.9. The van der Waals surface area contributed by atoms with Crippen LogP contribution >= 0.6 is 15.9 Å². The third-order valence-electron chi connectivity index (χ3n) is 1.55. The summed E-state index contributed by atoms with van der Waals surface area (Å²) in [7, 11) is 1.22. The first-order valence-corrected chi connectivity index (χ1v) is 4.44. The van der Waals surface area contributed by atoms with Crippen molar-refractivity contribution in [1.29, 1.82) is 0 Å². The second kappa shape index (κ2) is 4.23. The first-order chi connectivity index (χ1) is 6.54. The summed E-state index contributed by atoms with van der Waals surface area (Å²) in [6.45, 7) is 0. The Morgan fingerprint density at radius 3 is 2.36 bits per heavy atom. The van der Waals surface area contributed by atoms with Crippen molar-refractivity contribution in [2.24, 2.45) is 0 Å². The number of rotatable bonds is 2. The monoisotopic (exact) mass is 257 g/mol. The van der Waals surface area contributed by atoms with Crippen LogP contribution in [0.3, 0.4) is 0 Å². The van der Waals surface area contributed by atoms with Crippen LogP contribution in [0.4, 0.5) is 0 Å². The summed E-state index contributed by atoms with van der Waals surface area (Å²) < 4.78 is 4.94. The molecule has 14 heavy (non-hydrogen) atoms. The normalized spacial score (nSPS) is 9.57. The minimum atomic E-state index is -1.34.